The van der Waals surface area contributed by atoms with Crippen LogP contribution >= 0.6 is 11.3 Å². The average Bonchev–Trinajstić information content (AvgIpc) is 3.20. The number of oxazole rings is 1. The largest absolute Gasteiger partial charge is 0.420 e. The molecule has 1 aromatic carbocycles. The van der Waals surface area contributed by atoms with Crippen LogP contribution < -0.4 is 16.0 Å². The standard InChI is InChI=1S/C17H19N5O3S/c1-11-6-4-5-9-21(11)16-20-19-15(26-16)18-14(23)10-22-12-7-2-3-8-13(12)25-17(22)24/h2-3,7-8,11H,4-6,9-10H2,1H3,(H,18,19,23)/t11-/m0/s1. The van der Waals surface area contributed by atoms with E-state index < -0.39 is 5.76 Å². The fraction of sp³-hybridized carbons (Fsp3) is 0.412. The first-order valence-corrected chi connectivity index (χ1v) is 9.42. The van der Waals surface area contributed by atoms with E-state index in [2.05, 4.69) is 27.3 Å². The molecular weight excluding hydrogens is 354 g/mol. The predicted octanol–water partition coefficient (Wildman–Crippen LogP) is 2.46. The Kier molecular flexibility index (Phi) is 4.46. The number of hydrogen-bond donors (Lipinski definition) is 1. The molecule has 1 N–H and O–H groups in total. The van der Waals surface area contributed by atoms with Crippen molar-refractivity contribution in [1.82, 2.24) is 14.8 Å². The maximum absolute atomic E-state index is 12.3. The van der Waals surface area contributed by atoms with Crippen molar-refractivity contribution in [1.29, 1.82) is 0 Å². The molecule has 1 atom stereocenters. The number of aromatic nitrogens is 3. The van der Waals surface area contributed by atoms with Gasteiger partial charge in [-0.15, -0.1) is 10.2 Å². The van der Waals surface area contributed by atoms with Gasteiger partial charge in [-0.2, -0.15) is 0 Å². The Hall–Kier alpha value is -2.68. The molecule has 1 fully saturated rings. The van der Waals surface area contributed by atoms with Crippen LogP contribution in [0.15, 0.2) is 33.5 Å². The third kappa shape index (κ3) is 3.22. The summed E-state index contributed by atoms with van der Waals surface area (Å²) in [7, 11) is 0. The van der Waals surface area contributed by atoms with Gasteiger partial charge in [-0.1, -0.05) is 23.5 Å². The number of carbonyl (C=O) groups is 1. The SMILES string of the molecule is C[C@H]1CCCCN1c1nnc(NC(=O)Cn2c(=O)oc3ccccc32)s1. The molecular formula is C17H19N5O3S. The Balaban J connectivity index is 1.47. The van der Waals surface area contributed by atoms with Crippen LogP contribution in [0.3, 0.4) is 0 Å². The molecule has 136 valence electrons. The molecule has 26 heavy (non-hydrogen) atoms. The van der Waals surface area contributed by atoms with Crippen LogP contribution in [0.2, 0.25) is 0 Å². The third-order valence-corrected chi connectivity index (χ3v) is 5.46. The zero-order valence-corrected chi connectivity index (χ0v) is 15.2. The van der Waals surface area contributed by atoms with E-state index in [1.807, 2.05) is 0 Å². The Morgan fingerprint density at radius 2 is 2.19 bits per heavy atom. The second-order valence-corrected chi connectivity index (χ2v) is 7.35. The van der Waals surface area contributed by atoms with Crippen LogP contribution in [0.5, 0.6) is 0 Å². The van der Waals surface area contributed by atoms with E-state index in [0.717, 1.165) is 24.5 Å². The van der Waals surface area contributed by atoms with Gasteiger partial charge in [0.15, 0.2) is 5.58 Å². The highest BCUT2D eigenvalue weighted by Gasteiger charge is 2.22. The molecule has 1 aliphatic heterocycles. The van der Waals surface area contributed by atoms with Crippen molar-refractivity contribution >= 4 is 38.6 Å². The van der Waals surface area contributed by atoms with Crippen molar-refractivity contribution in [2.75, 3.05) is 16.8 Å². The highest BCUT2D eigenvalue weighted by molar-refractivity contribution is 7.19. The van der Waals surface area contributed by atoms with Gasteiger partial charge >= 0.3 is 5.76 Å². The molecule has 0 spiro atoms. The van der Waals surface area contributed by atoms with Crippen LogP contribution in [0.1, 0.15) is 26.2 Å². The van der Waals surface area contributed by atoms with E-state index in [-0.39, 0.29) is 12.5 Å². The first kappa shape index (κ1) is 16.8. The van der Waals surface area contributed by atoms with Gasteiger partial charge < -0.3 is 9.32 Å². The monoisotopic (exact) mass is 373 g/mol. The molecule has 1 aliphatic rings. The molecule has 3 aromatic rings. The molecule has 1 saturated heterocycles. The van der Waals surface area contributed by atoms with Gasteiger partial charge in [-0.3, -0.25) is 14.7 Å². The van der Waals surface area contributed by atoms with Crippen molar-refractivity contribution in [2.45, 2.75) is 38.8 Å². The van der Waals surface area contributed by atoms with Crippen LogP contribution in [0.4, 0.5) is 10.3 Å². The molecule has 0 aliphatic carbocycles. The number of piperidine rings is 1. The number of fused-ring (bicyclic) bond motifs is 1. The lowest BCUT2D eigenvalue weighted by molar-refractivity contribution is -0.116. The fourth-order valence-corrected chi connectivity index (χ4v) is 4.12. The molecule has 0 bridgehead atoms. The lowest BCUT2D eigenvalue weighted by Crippen LogP contribution is -2.37. The normalized spacial score (nSPS) is 17.6. The number of hydrogen-bond acceptors (Lipinski definition) is 7. The molecule has 1 amide bonds. The highest BCUT2D eigenvalue weighted by atomic mass is 32.1. The minimum Gasteiger partial charge on any atom is -0.408 e. The van der Waals surface area contributed by atoms with Gasteiger partial charge in [0.2, 0.25) is 16.2 Å². The van der Waals surface area contributed by atoms with Gasteiger partial charge in [-0.05, 0) is 38.3 Å². The van der Waals surface area contributed by atoms with Crippen molar-refractivity contribution in [3.63, 3.8) is 0 Å². The summed E-state index contributed by atoms with van der Waals surface area (Å²) in [5.74, 6) is -0.894. The number of anilines is 2. The minimum atomic E-state index is -0.554. The average molecular weight is 373 g/mol. The molecule has 4 rings (SSSR count). The molecule has 3 heterocycles. The Morgan fingerprint density at radius 3 is 3.04 bits per heavy atom. The van der Waals surface area contributed by atoms with E-state index in [1.165, 1.54) is 22.3 Å². The number of amides is 1. The van der Waals surface area contributed by atoms with E-state index >= 15 is 0 Å². The lowest BCUT2D eigenvalue weighted by Gasteiger charge is -2.32. The summed E-state index contributed by atoms with van der Waals surface area (Å²) in [6.45, 7) is 3.00. The van der Waals surface area contributed by atoms with Crippen molar-refractivity contribution in [3.8, 4) is 0 Å². The van der Waals surface area contributed by atoms with E-state index in [0.29, 0.717) is 22.3 Å². The number of nitrogens with zero attached hydrogens (tertiary/aromatic N) is 4. The topological polar surface area (TPSA) is 93.3 Å². The summed E-state index contributed by atoms with van der Waals surface area (Å²) >= 11 is 1.35. The fourth-order valence-electron chi connectivity index (χ4n) is 3.23. The van der Waals surface area contributed by atoms with Crippen LogP contribution in [0, 0.1) is 0 Å². The second-order valence-electron chi connectivity index (χ2n) is 6.40. The summed E-state index contributed by atoms with van der Waals surface area (Å²) in [6, 6.07) is 7.44. The second kappa shape index (κ2) is 6.91. The van der Waals surface area contributed by atoms with E-state index in [4.69, 9.17) is 4.42 Å². The smallest absolute Gasteiger partial charge is 0.408 e. The first-order chi connectivity index (χ1) is 12.6. The van der Waals surface area contributed by atoms with Gasteiger partial charge in [0.05, 0.1) is 5.52 Å². The first-order valence-electron chi connectivity index (χ1n) is 8.60. The summed E-state index contributed by atoms with van der Waals surface area (Å²) < 4.78 is 6.45. The van der Waals surface area contributed by atoms with Crippen LogP contribution in [-0.4, -0.2) is 33.3 Å². The minimum absolute atomic E-state index is 0.134. The van der Waals surface area contributed by atoms with Crippen molar-refractivity contribution in [3.05, 3.63) is 34.8 Å². The van der Waals surface area contributed by atoms with Crippen molar-refractivity contribution in [2.24, 2.45) is 0 Å². The van der Waals surface area contributed by atoms with Gasteiger partial charge in [-0.25, -0.2) is 4.79 Å². The Labute approximate surface area is 153 Å². The maximum atomic E-state index is 12.3. The number of para-hydroxylation sites is 2. The maximum Gasteiger partial charge on any atom is 0.420 e. The van der Waals surface area contributed by atoms with Gasteiger partial charge in [0, 0.05) is 12.6 Å². The molecule has 2 aromatic heterocycles. The predicted molar refractivity (Wildman–Crippen MR) is 99.7 cm³/mol. The third-order valence-electron chi connectivity index (χ3n) is 4.58. The Morgan fingerprint density at radius 1 is 1.35 bits per heavy atom. The number of benzene rings is 1. The molecule has 9 heteroatoms. The molecule has 0 radical (unpaired) electrons. The number of rotatable bonds is 4. The summed E-state index contributed by atoms with van der Waals surface area (Å²) in [6.07, 6.45) is 3.51. The Bertz CT molecular complexity index is 992. The van der Waals surface area contributed by atoms with Crippen LogP contribution in [-0.2, 0) is 11.3 Å². The molecule has 8 nitrogen and oxygen atoms in total. The summed E-state index contributed by atoms with van der Waals surface area (Å²) in [5.41, 5.74) is 1.05. The summed E-state index contributed by atoms with van der Waals surface area (Å²) in [5, 5.41) is 12.2. The zero-order valence-electron chi connectivity index (χ0n) is 14.3. The van der Waals surface area contributed by atoms with Crippen LogP contribution in [0.25, 0.3) is 11.1 Å². The van der Waals surface area contributed by atoms with E-state index in [9.17, 15) is 9.59 Å². The number of nitrogens with one attached hydrogen (secondary N) is 1. The van der Waals surface area contributed by atoms with Gasteiger partial charge in [0.1, 0.15) is 6.54 Å². The molecule has 0 saturated carbocycles. The van der Waals surface area contributed by atoms with Crippen molar-refractivity contribution < 1.29 is 9.21 Å². The summed E-state index contributed by atoms with van der Waals surface area (Å²) in [4.78, 5) is 26.5. The number of carbonyl (C=O) groups excluding carboxylic acids is 1. The van der Waals surface area contributed by atoms with Gasteiger partial charge in [0.25, 0.3) is 0 Å². The zero-order chi connectivity index (χ0) is 18.1. The van der Waals surface area contributed by atoms with E-state index in [1.54, 1.807) is 24.3 Å². The molecule has 0 unspecified atom stereocenters. The lowest BCUT2D eigenvalue weighted by atomic mass is 10.1. The quantitative estimate of drug-likeness (QED) is 0.755. The highest BCUT2D eigenvalue weighted by Crippen LogP contribution is 2.29.